The van der Waals surface area contributed by atoms with Crippen molar-refractivity contribution in [2.45, 2.75) is 33.6 Å². The second-order valence-corrected chi connectivity index (χ2v) is 3.58. The fourth-order valence-electron chi connectivity index (χ4n) is 1.51. The highest BCUT2D eigenvalue weighted by Gasteiger charge is 2.04. The summed E-state index contributed by atoms with van der Waals surface area (Å²) in [6.45, 7) is 7.28. The summed E-state index contributed by atoms with van der Waals surface area (Å²) >= 11 is 0. The Bertz CT molecular complexity index is 318. The zero-order valence-electron chi connectivity index (χ0n) is 10.6. The van der Waals surface area contributed by atoms with Crippen LogP contribution in [0.2, 0.25) is 0 Å². The van der Waals surface area contributed by atoms with Crippen LogP contribution in [0.25, 0.3) is 0 Å². The van der Waals surface area contributed by atoms with Gasteiger partial charge >= 0.3 is 0 Å². The van der Waals surface area contributed by atoms with Crippen molar-refractivity contribution in [1.82, 2.24) is 0 Å². The molecule has 0 fully saturated rings. The van der Waals surface area contributed by atoms with E-state index in [4.69, 9.17) is 15.2 Å². The van der Waals surface area contributed by atoms with Gasteiger partial charge < -0.3 is 15.2 Å². The Hall–Kier alpha value is -0.610. The van der Waals surface area contributed by atoms with Gasteiger partial charge in [0.2, 0.25) is 0 Å². The molecule has 0 saturated heterocycles. The molecule has 2 N–H and O–H groups in total. The molecule has 0 spiro atoms. The molecule has 0 atom stereocenters. The van der Waals surface area contributed by atoms with Crippen LogP contribution >= 0.6 is 12.4 Å². The van der Waals surface area contributed by atoms with Crippen LogP contribution < -0.4 is 5.73 Å². The van der Waals surface area contributed by atoms with Crippen molar-refractivity contribution in [2.75, 3.05) is 13.2 Å². The largest absolute Gasteiger partial charge is 0.377 e. The molecule has 0 bridgehead atoms. The second-order valence-electron chi connectivity index (χ2n) is 3.58. The van der Waals surface area contributed by atoms with Gasteiger partial charge in [-0.3, -0.25) is 0 Å². The van der Waals surface area contributed by atoms with Crippen molar-refractivity contribution in [1.29, 1.82) is 0 Å². The number of hydrogen-bond donors (Lipinski definition) is 1. The monoisotopic (exact) mass is 259 g/mol. The predicted molar refractivity (Wildman–Crippen MR) is 72.2 cm³/mol. The molecular formula is C13H22ClNO2. The molecule has 0 saturated carbocycles. The maximum Gasteiger partial charge on any atom is 0.0720 e. The third-order valence-corrected chi connectivity index (χ3v) is 2.43. The summed E-state index contributed by atoms with van der Waals surface area (Å²) in [6, 6.07) is 6.22. The van der Waals surface area contributed by atoms with E-state index in [1.165, 1.54) is 11.1 Å². The molecule has 0 radical (unpaired) electrons. The highest BCUT2D eigenvalue weighted by atomic mass is 35.5. The van der Waals surface area contributed by atoms with Gasteiger partial charge in [-0.25, -0.2) is 0 Å². The van der Waals surface area contributed by atoms with Gasteiger partial charge in [-0.05, 0) is 30.5 Å². The number of benzene rings is 1. The van der Waals surface area contributed by atoms with Gasteiger partial charge in [-0.1, -0.05) is 18.2 Å². The van der Waals surface area contributed by atoms with E-state index < -0.39 is 0 Å². The molecular weight excluding hydrogens is 238 g/mol. The topological polar surface area (TPSA) is 44.5 Å². The van der Waals surface area contributed by atoms with E-state index in [1.54, 1.807) is 0 Å². The van der Waals surface area contributed by atoms with Crippen LogP contribution in [0.4, 0.5) is 0 Å². The first kappa shape index (κ1) is 16.4. The van der Waals surface area contributed by atoms with Crippen LogP contribution in [0.5, 0.6) is 0 Å². The van der Waals surface area contributed by atoms with Crippen LogP contribution in [0, 0.1) is 0 Å². The normalized spacial score (nSPS) is 10.1. The Morgan fingerprint density at radius 1 is 1.00 bits per heavy atom. The lowest BCUT2D eigenvalue weighted by molar-refractivity contribution is 0.119. The number of rotatable bonds is 7. The summed E-state index contributed by atoms with van der Waals surface area (Å²) in [5.41, 5.74) is 9.13. The van der Waals surface area contributed by atoms with Crippen molar-refractivity contribution in [3.63, 3.8) is 0 Å². The first-order chi connectivity index (χ1) is 7.81. The lowest BCUT2D eigenvalue weighted by atomic mass is 10.0. The lowest BCUT2D eigenvalue weighted by Gasteiger charge is -2.11. The summed E-state index contributed by atoms with van der Waals surface area (Å²) in [6.07, 6.45) is 0. The molecule has 0 aliphatic heterocycles. The van der Waals surface area contributed by atoms with E-state index in [1.807, 2.05) is 19.9 Å². The summed E-state index contributed by atoms with van der Waals surface area (Å²) in [4.78, 5) is 0. The molecule has 4 heteroatoms. The standard InChI is InChI=1S/C13H21NO2.ClH/c1-3-15-9-12-6-5-11(8-14)7-13(12)10-16-4-2;/h5-7H,3-4,8-10,14H2,1-2H3;1H. The minimum atomic E-state index is 0. The first-order valence-corrected chi connectivity index (χ1v) is 5.78. The molecule has 0 amide bonds. The number of hydrogen-bond acceptors (Lipinski definition) is 3. The molecule has 0 aliphatic rings. The lowest BCUT2D eigenvalue weighted by Crippen LogP contribution is -2.04. The molecule has 3 nitrogen and oxygen atoms in total. The number of nitrogens with two attached hydrogens (primary N) is 1. The van der Waals surface area contributed by atoms with E-state index in [0.29, 0.717) is 19.8 Å². The summed E-state index contributed by atoms with van der Waals surface area (Å²) in [5.74, 6) is 0. The van der Waals surface area contributed by atoms with Gasteiger partial charge in [0.1, 0.15) is 0 Å². The van der Waals surface area contributed by atoms with Crippen LogP contribution in [0.15, 0.2) is 18.2 Å². The van der Waals surface area contributed by atoms with E-state index in [2.05, 4.69) is 12.1 Å². The van der Waals surface area contributed by atoms with Gasteiger partial charge in [0, 0.05) is 19.8 Å². The van der Waals surface area contributed by atoms with Crippen molar-refractivity contribution < 1.29 is 9.47 Å². The number of halogens is 1. The number of ether oxygens (including phenoxy) is 2. The fourth-order valence-corrected chi connectivity index (χ4v) is 1.51. The Morgan fingerprint density at radius 2 is 1.59 bits per heavy atom. The molecule has 0 aromatic heterocycles. The average molecular weight is 260 g/mol. The van der Waals surface area contributed by atoms with Gasteiger partial charge in [-0.15, -0.1) is 12.4 Å². The zero-order chi connectivity index (χ0) is 11.8. The smallest absolute Gasteiger partial charge is 0.0720 e. The van der Waals surface area contributed by atoms with E-state index in [9.17, 15) is 0 Å². The predicted octanol–water partition coefficient (Wildman–Crippen LogP) is 2.64. The minimum Gasteiger partial charge on any atom is -0.377 e. The van der Waals surface area contributed by atoms with Crippen LogP contribution in [0.3, 0.4) is 0 Å². The summed E-state index contributed by atoms with van der Waals surface area (Å²) in [5, 5.41) is 0. The highest BCUT2D eigenvalue weighted by molar-refractivity contribution is 5.85. The Balaban J connectivity index is 0.00000256. The zero-order valence-corrected chi connectivity index (χ0v) is 11.4. The molecule has 0 aliphatic carbocycles. The molecule has 98 valence electrons. The minimum absolute atomic E-state index is 0. The summed E-state index contributed by atoms with van der Waals surface area (Å²) in [7, 11) is 0. The maximum atomic E-state index is 5.63. The van der Waals surface area contributed by atoms with Gasteiger partial charge in [0.25, 0.3) is 0 Å². The van der Waals surface area contributed by atoms with E-state index in [-0.39, 0.29) is 12.4 Å². The molecule has 0 heterocycles. The van der Waals surface area contributed by atoms with Crippen LogP contribution in [-0.2, 0) is 29.2 Å². The van der Waals surface area contributed by atoms with Crippen molar-refractivity contribution in [3.05, 3.63) is 34.9 Å². The Kier molecular flexibility index (Phi) is 9.09. The van der Waals surface area contributed by atoms with E-state index >= 15 is 0 Å². The average Bonchev–Trinajstić information content (AvgIpc) is 2.34. The molecule has 0 unspecified atom stereocenters. The molecule has 1 aromatic rings. The van der Waals surface area contributed by atoms with Crippen molar-refractivity contribution >= 4 is 12.4 Å². The third-order valence-electron chi connectivity index (χ3n) is 2.43. The van der Waals surface area contributed by atoms with Crippen molar-refractivity contribution in [3.8, 4) is 0 Å². The van der Waals surface area contributed by atoms with E-state index in [0.717, 1.165) is 18.8 Å². The maximum absolute atomic E-state index is 5.63. The Morgan fingerprint density at radius 3 is 2.12 bits per heavy atom. The van der Waals surface area contributed by atoms with Crippen LogP contribution in [0.1, 0.15) is 30.5 Å². The van der Waals surface area contributed by atoms with Crippen LogP contribution in [-0.4, -0.2) is 13.2 Å². The SMILES string of the molecule is CCOCc1ccc(CN)cc1COCC.Cl. The molecule has 1 rings (SSSR count). The van der Waals surface area contributed by atoms with Crippen molar-refractivity contribution in [2.24, 2.45) is 5.73 Å². The molecule has 17 heavy (non-hydrogen) atoms. The van der Waals surface area contributed by atoms with Gasteiger partial charge in [0.15, 0.2) is 0 Å². The quantitative estimate of drug-likeness (QED) is 0.819. The second kappa shape index (κ2) is 9.42. The fraction of sp³-hybridized carbons (Fsp3) is 0.538. The summed E-state index contributed by atoms with van der Waals surface area (Å²) < 4.78 is 10.9. The Labute approximate surface area is 110 Å². The third kappa shape index (κ3) is 5.50. The van der Waals surface area contributed by atoms with Gasteiger partial charge in [-0.2, -0.15) is 0 Å². The van der Waals surface area contributed by atoms with Gasteiger partial charge in [0.05, 0.1) is 13.2 Å². The first-order valence-electron chi connectivity index (χ1n) is 5.78. The highest BCUT2D eigenvalue weighted by Crippen LogP contribution is 2.14. The molecule has 1 aromatic carbocycles.